The Kier molecular flexibility index (Phi) is 6.18. The van der Waals surface area contributed by atoms with E-state index in [2.05, 4.69) is 26.1 Å². The van der Waals surface area contributed by atoms with Gasteiger partial charge in [-0.25, -0.2) is 9.97 Å². The number of carbonyl (C=O) groups is 1. The Morgan fingerprint density at radius 1 is 1.03 bits per heavy atom. The molecular weight excluding hydrogens is 444 g/mol. The van der Waals surface area contributed by atoms with E-state index in [4.69, 9.17) is 28.9 Å². The van der Waals surface area contributed by atoms with Gasteiger partial charge in [0.05, 0.1) is 16.3 Å². The maximum Gasteiger partial charge on any atom is 0.416 e. The van der Waals surface area contributed by atoms with E-state index < -0.39 is 17.6 Å². The number of nitrogens with two attached hydrogens (primary N) is 1. The van der Waals surface area contributed by atoms with Crippen LogP contribution in [0.25, 0.3) is 0 Å². The second-order valence-electron chi connectivity index (χ2n) is 5.89. The van der Waals surface area contributed by atoms with E-state index in [0.717, 1.165) is 24.5 Å². The Hall–Kier alpha value is -3.24. The van der Waals surface area contributed by atoms with Crippen molar-refractivity contribution in [3.05, 3.63) is 70.0 Å². The van der Waals surface area contributed by atoms with Crippen molar-refractivity contribution in [3.8, 4) is 0 Å². The van der Waals surface area contributed by atoms with Crippen molar-refractivity contribution in [3.63, 3.8) is 0 Å². The number of hydrogen-bond donors (Lipinski definition) is 4. The number of alkyl halides is 3. The molecule has 0 aliphatic rings. The number of benzene rings is 2. The first-order valence-electron chi connectivity index (χ1n) is 8.21. The number of carbonyl (C=O) groups excluding carboxylic acids is 1. The average Bonchev–Trinajstić information content (AvgIpc) is 2.69. The van der Waals surface area contributed by atoms with E-state index in [1.165, 1.54) is 6.07 Å². The molecule has 0 unspecified atom stereocenters. The van der Waals surface area contributed by atoms with Gasteiger partial charge in [-0.15, -0.1) is 0 Å². The first-order chi connectivity index (χ1) is 14.1. The van der Waals surface area contributed by atoms with Crippen LogP contribution in [0.4, 0.5) is 36.2 Å². The summed E-state index contributed by atoms with van der Waals surface area (Å²) in [6.07, 6.45) is -3.44. The molecule has 12 heteroatoms. The van der Waals surface area contributed by atoms with Gasteiger partial charge in [0, 0.05) is 10.6 Å². The van der Waals surface area contributed by atoms with E-state index in [0.29, 0.717) is 5.02 Å². The summed E-state index contributed by atoms with van der Waals surface area (Å²) in [4.78, 5) is 20.0. The van der Waals surface area contributed by atoms with Crippen LogP contribution in [-0.4, -0.2) is 15.9 Å². The minimum Gasteiger partial charge on any atom is -0.393 e. The summed E-state index contributed by atoms with van der Waals surface area (Å²) >= 11 is 11.8. The van der Waals surface area contributed by atoms with Crippen molar-refractivity contribution < 1.29 is 18.0 Å². The summed E-state index contributed by atoms with van der Waals surface area (Å²) in [5.41, 5.74) is 10.2. The van der Waals surface area contributed by atoms with Crippen LogP contribution in [-0.2, 0) is 6.18 Å². The Morgan fingerprint density at radius 3 is 2.47 bits per heavy atom. The third-order valence-corrected chi connectivity index (χ3v) is 4.38. The molecule has 1 aromatic heterocycles. The monoisotopic (exact) mass is 456 g/mol. The number of nitrogen functional groups attached to an aromatic ring is 1. The number of nitrogens with one attached hydrogen (secondary N) is 3. The zero-order valence-corrected chi connectivity index (χ0v) is 16.4. The highest BCUT2D eigenvalue weighted by molar-refractivity contribution is 6.33. The molecule has 3 rings (SSSR count). The molecule has 0 bridgehead atoms. The molecular formula is C18H13Cl2F3N6O. The van der Waals surface area contributed by atoms with Gasteiger partial charge in [-0.3, -0.25) is 15.6 Å². The number of halogens is 5. The molecule has 0 fully saturated rings. The highest BCUT2D eigenvalue weighted by atomic mass is 35.5. The lowest BCUT2D eigenvalue weighted by molar-refractivity contribution is -0.137. The highest BCUT2D eigenvalue weighted by Crippen LogP contribution is 2.36. The highest BCUT2D eigenvalue weighted by Gasteiger charge is 2.31. The van der Waals surface area contributed by atoms with Crippen LogP contribution in [0.15, 0.2) is 48.8 Å². The number of nitrogens with zero attached hydrogens (tertiary/aromatic N) is 2. The molecule has 0 saturated heterocycles. The standard InChI is InChI=1S/C18H13Cl2F3N6O/c19-11-3-1-2-9(6-11)17(30)29-28-16-14(24)15(25-8-26-16)27-13-7-10(18(21,22)23)4-5-12(13)20/h1-8H,24H2,(H,29,30)(H2,25,26,27,28). The van der Waals surface area contributed by atoms with Crippen LogP contribution < -0.4 is 21.9 Å². The largest absolute Gasteiger partial charge is 0.416 e. The van der Waals surface area contributed by atoms with Crippen LogP contribution in [0.2, 0.25) is 10.0 Å². The zero-order valence-electron chi connectivity index (χ0n) is 14.9. The molecule has 7 nitrogen and oxygen atoms in total. The van der Waals surface area contributed by atoms with E-state index in [1.807, 2.05) is 0 Å². The van der Waals surface area contributed by atoms with Gasteiger partial charge in [-0.2, -0.15) is 13.2 Å². The minimum atomic E-state index is -4.55. The molecule has 0 radical (unpaired) electrons. The molecule has 5 N–H and O–H groups in total. The lowest BCUT2D eigenvalue weighted by atomic mass is 10.2. The van der Waals surface area contributed by atoms with Gasteiger partial charge in [0.15, 0.2) is 11.6 Å². The molecule has 1 heterocycles. The first-order valence-corrected chi connectivity index (χ1v) is 8.97. The minimum absolute atomic E-state index is 0.00858. The quantitative estimate of drug-likeness (QED) is 0.407. The Balaban J connectivity index is 1.78. The van der Waals surface area contributed by atoms with Gasteiger partial charge in [0.1, 0.15) is 12.0 Å². The zero-order chi connectivity index (χ0) is 21.9. The van der Waals surface area contributed by atoms with E-state index >= 15 is 0 Å². The van der Waals surface area contributed by atoms with Gasteiger partial charge in [-0.05, 0) is 36.4 Å². The molecule has 1 amide bonds. The van der Waals surface area contributed by atoms with E-state index in [-0.39, 0.29) is 33.6 Å². The van der Waals surface area contributed by atoms with Crippen molar-refractivity contribution in [1.82, 2.24) is 15.4 Å². The fraction of sp³-hybridized carbons (Fsp3) is 0.0556. The fourth-order valence-corrected chi connectivity index (χ4v) is 2.69. The summed E-state index contributed by atoms with van der Waals surface area (Å²) in [7, 11) is 0. The molecule has 156 valence electrons. The number of rotatable bonds is 5. The van der Waals surface area contributed by atoms with E-state index in [9.17, 15) is 18.0 Å². The average molecular weight is 457 g/mol. The van der Waals surface area contributed by atoms with Crippen molar-refractivity contribution in [2.24, 2.45) is 0 Å². The Morgan fingerprint density at radius 2 is 1.77 bits per heavy atom. The number of aromatic nitrogens is 2. The Labute approximate surface area is 178 Å². The maximum atomic E-state index is 12.9. The summed E-state index contributed by atoms with van der Waals surface area (Å²) in [5, 5.41) is 3.06. The van der Waals surface area contributed by atoms with Gasteiger partial charge in [0.2, 0.25) is 0 Å². The van der Waals surface area contributed by atoms with Crippen molar-refractivity contribution >= 4 is 52.1 Å². The third-order valence-electron chi connectivity index (χ3n) is 3.81. The van der Waals surface area contributed by atoms with Gasteiger partial charge < -0.3 is 11.1 Å². The number of hydrogen-bond acceptors (Lipinski definition) is 6. The van der Waals surface area contributed by atoms with Gasteiger partial charge in [-0.1, -0.05) is 29.3 Å². The van der Waals surface area contributed by atoms with Crippen LogP contribution in [0.3, 0.4) is 0 Å². The lowest BCUT2D eigenvalue weighted by Crippen LogP contribution is -2.30. The predicted octanol–water partition coefficient (Wildman–Crippen LogP) is 4.88. The first kappa shape index (κ1) is 21.5. The molecule has 0 saturated carbocycles. The molecule has 0 aliphatic heterocycles. The van der Waals surface area contributed by atoms with Gasteiger partial charge >= 0.3 is 6.18 Å². The molecule has 2 aromatic carbocycles. The number of hydrazine groups is 1. The second kappa shape index (κ2) is 8.64. The second-order valence-corrected chi connectivity index (χ2v) is 6.74. The maximum absolute atomic E-state index is 12.9. The molecule has 30 heavy (non-hydrogen) atoms. The predicted molar refractivity (Wildman–Crippen MR) is 109 cm³/mol. The number of anilines is 4. The smallest absolute Gasteiger partial charge is 0.393 e. The molecule has 0 spiro atoms. The van der Waals surface area contributed by atoms with Crippen molar-refractivity contribution in [2.75, 3.05) is 16.5 Å². The topological polar surface area (TPSA) is 105 Å². The molecule has 3 aromatic rings. The third kappa shape index (κ3) is 5.02. The molecule has 0 atom stereocenters. The Bertz CT molecular complexity index is 1090. The van der Waals surface area contributed by atoms with Gasteiger partial charge in [0.25, 0.3) is 5.91 Å². The normalized spacial score (nSPS) is 11.1. The van der Waals surface area contributed by atoms with Crippen LogP contribution in [0, 0.1) is 0 Å². The van der Waals surface area contributed by atoms with Crippen LogP contribution >= 0.6 is 23.2 Å². The van der Waals surface area contributed by atoms with Crippen molar-refractivity contribution in [1.29, 1.82) is 0 Å². The molecule has 0 aliphatic carbocycles. The summed E-state index contributed by atoms with van der Waals surface area (Å²) in [6.45, 7) is 0. The lowest BCUT2D eigenvalue weighted by Gasteiger charge is -2.15. The SMILES string of the molecule is Nc1c(NNC(=O)c2cccc(Cl)c2)ncnc1Nc1cc(C(F)(F)F)ccc1Cl. The van der Waals surface area contributed by atoms with E-state index in [1.54, 1.807) is 18.2 Å². The van der Waals surface area contributed by atoms with Crippen LogP contribution in [0.5, 0.6) is 0 Å². The van der Waals surface area contributed by atoms with Crippen LogP contribution in [0.1, 0.15) is 15.9 Å². The van der Waals surface area contributed by atoms with Crippen molar-refractivity contribution in [2.45, 2.75) is 6.18 Å². The fourth-order valence-electron chi connectivity index (χ4n) is 2.34. The summed E-state index contributed by atoms with van der Waals surface area (Å²) < 4.78 is 38.8. The summed E-state index contributed by atoms with van der Waals surface area (Å²) in [6, 6.07) is 9.03. The number of amides is 1. The summed E-state index contributed by atoms with van der Waals surface area (Å²) in [5.74, 6) is -0.498.